The summed E-state index contributed by atoms with van der Waals surface area (Å²) in [5.74, 6) is 0.309. The van der Waals surface area contributed by atoms with Gasteiger partial charge in [-0.05, 0) is 56.0 Å². The number of nitrogens with one attached hydrogen (secondary N) is 1. The van der Waals surface area contributed by atoms with Crippen LogP contribution in [0.1, 0.15) is 24.0 Å². The average molecular weight is 398 g/mol. The van der Waals surface area contributed by atoms with Gasteiger partial charge < -0.3 is 15.0 Å². The molecule has 0 aromatic heterocycles. The fourth-order valence-corrected chi connectivity index (χ4v) is 3.39. The molecule has 0 aliphatic carbocycles. The normalized spacial score (nSPS) is 14.5. The molecule has 0 radical (unpaired) electrons. The van der Waals surface area contributed by atoms with Gasteiger partial charge in [0.15, 0.2) is 6.61 Å². The van der Waals surface area contributed by atoms with Crippen LogP contribution in [0, 0.1) is 18.7 Å². The molecule has 0 bridgehead atoms. The van der Waals surface area contributed by atoms with Crippen LogP contribution < -0.4 is 10.1 Å². The largest absolute Gasteiger partial charge is 0.484 e. The van der Waals surface area contributed by atoms with Gasteiger partial charge in [-0.3, -0.25) is 9.59 Å². The summed E-state index contributed by atoms with van der Waals surface area (Å²) in [6, 6.07) is 13.9. The van der Waals surface area contributed by atoms with E-state index in [4.69, 9.17) is 4.74 Å². The summed E-state index contributed by atoms with van der Waals surface area (Å²) in [7, 11) is 0. The van der Waals surface area contributed by atoms with E-state index in [2.05, 4.69) is 5.32 Å². The van der Waals surface area contributed by atoms with Crippen molar-refractivity contribution in [2.45, 2.75) is 26.2 Å². The highest BCUT2D eigenvalue weighted by molar-refractivity contribution is 5.80. The summed E-state index contributed by atoms with van der Waals surface area (Å²) in [5, 5.41) is 2.95. The van der Waals surface area contributed by atoms with E-state index >= 15 is 0 Å². The summed E-state index contributed by atoms with van der Waals surface area (Å²) >= 11 is 0. The number of halogens is 1. The predicted octanol–water partition coefficient (Wildman–Crippen LogP) is 3.11. The van der Waals surface area contributed by atoms with Gasteiger partial charge in [0.05, 0.1) is 0 Å². The van der Waals surface area contributed by atoms with Crippen LogP contribution in [0.2, 0.25) is 0 Å². The van der Waals surface area contributed by atoms with E-state index in [0.717, 1.165) is 11.1 Å². The first-order valence-electron chi connectivity index (χ1n) is 10.0. The van der Waals surface area contributed by atoms with Gasteiger partial charge in [-0.2, -0.15) is 0 Å². The number of piperidine rings is 1. The van der Waals surface area contributed by atoms with Crippen LogP contribution in [-0.4, -0.2) is 43.0 Å². The summed E-state index contributed by atoms with van der Waals surface area (Å²) < 4.78 is 18.5. The van der Waals surface area contributed by atoms with Crippen molar-refractivity contribution in [1.29, 1.82) is 0 Å². The first-order valence-corrected chi connectivity index (χ1v) is 10.0. The maximum absolute atomic E-state index is 12.9. The number of amides is 2. The Balaban J connectivity index is 1.35. The lowest BCUT2D eigenvalue weighted by molar-refractivity contribution is -0.137. The molecule has 1 saturated heterocycles. The number of carbonyl (C=O) groups excluding carboxylic acids is 2. The number of nitrogens with zero attached hydrogens (tertiary/aromatic N) is 1. The van der Waals surface area contributed by atoms with Crippen molar-refractivity contribution in [2.24, 2.45) is 5.92 Å². The van der Waals surface area contributed by atoms with Crippen LogP contribution in [0.4, 0.5) is 4.39 Å². The Morgan fingerprint density at radius 1 is 1.07 bits per heavy atom. The molecule has 2 aromatic carbocycles. The number of benzene rings is 2. The van der Waals surface area contributed by atoms with Crippen molar-refractivity contribution in [2.75, 3.05) is 26.2 Å². The highest BCUT2D eigenvalue weighted by Crippen LogP contribution is 2.18. The average Bonchev–Trinajstić information content (AvgIpc) is 2.74. The maximum atomic E-state index is 12.9. The zero-order valence-electron chi connectivity index (χ0n) is 16.7. The Bertz CT molecular complexity index is 813. The summed E-state index contributed by atoms with van der Waals surface area (Å²) in [6.07, 6.45) is 1.97. The van der Waals surface area contributed by atoms with E-state index in [-0.39, 0.29) is 30.2 Å². The zero-order chi connectivity index (χ0) is 20.6. The van der Waals surface area contributed by atoms with Crippen molar-refractivity contribution in [3.63, 3.8) is 0 Å². The number of hydrogen-bond donors (Lipinski definition) is 1. The Kier molecular flexibility index (Phi) is 7.22. The molecule has 5 nitrogen and oxygen atoms in total. The molecule has 0 unspecified atom stereocenters. The van der Waals surface area contributed by atoms with Gasteiger partial charge in [-0.15, -0.1) is 0 Å². The van der Waals surface area contributed by atoms with Crippen molar-refractivity contribution in [3.8, 4) is 5.75 Å². The molecule has 6 heteroatoms. The second-order valence-electron chi connectivity index (χ2n) is 7.42. The first kappa shape index (κ1) is 20.8. The second-order valence-corrected chi connectivity index (χ2v) is 7.42. The minimum atomic E-state index is -0.261. The van der Waals surface area contributed by atoms with Crippen molar-refractivity contribution in [3.05, 3.63) is 65.5 Å². The van der Waals surface area contributed by atoms with Gasteiger partial charge in [-0.25, -0.2) is 4.39 Å². The van der Waals surface area contributed by atoms with Crippen molar-refractivity contribution in [1.82, 2.24) is 10.2 Å². The molecule has 0 atom stereocenters. The van der Waals surface area contributed by atoms with Crippen LogP contribution in [0.5, 0.6) is 5.75 Å². The molecule has 3 rings (SSSR count). The van der Waals surface area contributed by atoms with Gasteiger partial charge >= 0.3 is 0 Å². The second kappa shape index (κ2) is 10.0. The van der Waals surface area contributed by atoms with Gasteiger partial charge in [0.1, 0.15) is 11.6 Å². The van der Waals surface area contributed by atoms with Gasteiger partial charge in [-0.1, -0.05) is 29.8 Å². The van der Waals surface area contributed by atoms with E-state index in [0.29, 0.717) is 44.6 Å². The molecular weight excluding hydrogens is 371 g/mol. The highest BCUT2D eigenvalue weighted by Gasteiger charge is 2.27. The maximum Gasteiger partial charge on any atom is 0.260 e. The molecule has 1 fully saturated rings. The molecule has 2 amide bonds. The molecule has 1 heterocycles. The van der Waals surface area contributed by atoms with Crippen molar-refractivity contribution < 1.29 is 18.7 Å². The Hall–Kier alpha value is -2.89. The van der Waals surface area contributed by atoms with Crippen LogP contribution in [0.15, 0.2) is 48.5 Å². The molecule has 1 aliphatic rings. The number of hydrogen-bond acceptors (Lipinski definition) is 3. The third-order valence-electron chi connectivity index (χ3n) is 5.23. The Morgan fingerprint density at radius 2 is 1.72 bits per heavy atom. The van der Waals surface area contributed by atoms with Gasteiger partial charge in [0, 0.05) is 25.6 Å². The van der Waals surface area contributed by atoms with Gasteiger partial charge in [0.2, 0.25) is 5.91 Å². The van der Waals surface area contributed by atoms with E-state index in [1.54, 1.807) is 17.0 Å². The van der Waals surface area contributed by atoms with Crippen LogP contribution in [-0.2, 0) is 16.0 Å². The van der Waals surface area contributed by atoms with E-state index < -0.39 is 0 Å². The molecular formula is C23H27FN2O3. The van der Waals surface area contributed by atoms with Crippen molar-refractivity contribution >= 4 is 11.8 Å². The third-order valence-corrected chi connectivity index (χ3v) is 5.23. The molecule has 0 saturated carbocycles. The smallest absolute Gasteiger partial charge is 0.260 e. The topological polar surface area (TPSA) is 58.6 Å². The fourth-order valence-electron chi connectivity index (χ4n) is 3.39. The number of aryl methyl sites for hydroxylation is 1. The molecule has 154 valence electrons. The summed E-state index contributed by atoms with van der Waals surface area (Å²) in [5.41, 5.74) is 2.13. The standard InChI is InChI=1S/C23H27FN2O3/c1-17-2-8-21(9-3-17)29-16-22(27)26-14-11-19(12-15-26)23(28)25-13-10-18-4-6-20(24)7-5-18/h2-9,19H,10-16H2,1H3,(H,25,28). The molecule has 1 aliphatic heterocycles. The fraction of sp³-hybridized carbons (Fsp3) is 0.391. The lowest BCUT2D eigenvalue weighted by atomic mass is 9.96. The van der Waals surface area contributed by atoms with Gasteiger partial charge in [0.25, 0.3) is 5.91 Å². The van der Waals surface area contributed by atoms with E-state index in [1.165, 1.54) is 12.1 Å². The van der Waals surface area contributed by atoms with Crippen LogP contribution in [0.25, 0.3) is 0 Å². The monoisotopic (exact) mass is 398 g/mol. The number of likely N-dealkylation sites (tertiary alicyclic amines) is 1. The molecule has 29 heavy (non-hydrogen) atoms. The minimum absolute atomic E-state index is 0.0115. The number of ether oxygens (including phenoxy) is 1. The van der Waals surface area contributed by atoms with E-state index in [1.807, 2.05) is 31.2 Å². The summed E-state index contributed by atoms with van der Waals surface area (Å²) in [4.78, 5) is 26.5. The van der Waals surface area contributed by atoms with E-state index in [9.17, 15) is 14.0 Å². The van der Waals surface area contributed by atoms with Crippen LogP contribution >= 0.6 is 0 Å². The third kappa shape index (κ3) is 6.31. The Labute approximate surface area is 170 Å². The number of rotatable bonds is 7. The van der Waals surface area contributed by atoms with Crippen LogP contribution in [0.3, 0.4) is 0 Å². The SMILES string of the molecule is Cc1ccc(OCC(=O)N2CCC(C(=O)NCCc3ccc(F)cc3)CC2)cc1. The predicted molar refractivity (Wildman–Crippen MR) is 109 cm³/mol. The molecule has 1 N–H and O–H groups in total. The Morgan fingerprint density at radius 3 is 2.38 bits per heavy atom. The molecule has 2 aromatic rings. The first-order chi connectivity index (χ1) is 14.0. The highest BCUT2D eigenvalue weighted by atomic mass is 19.1. The zero-order valence-corrected chi connectivity index (χ0v) is 16.7. The lowest BCUT2D eigenvalue weighted by Gasteiger charge is -2.31. The minimum Gasteiger partial charge on any atom is -0.484 e. The lowest BCUT2D eigenvalue weighted by Crippen LogP contribution is -2.44. The summed E-state index contributed by atoms with van der Waals surface area (Å²) in [6.45, 7) is 3.65. The quantitative estimate of drug-likeness (QED) is 0.780. The number of carbonyl (C=O) groups is 2. The molecule has 0 spiro atoms.